The predicted octanol–water partition coefficient (Wildman–Crippen LogP) is 3.07. The number of morpholine rings is 1. The van der Waals surface area contributed by atoms with Gasteiger partial charge in [0.1, 0.15) is 23.9 Å². The summed E-state index contributed by atoms with van der Waals surface area (Å²) >= 11 is 0. The summed E-state index contributed by atoms with van der Waals surface area (Å²) < 4.78 is 25.0. The lowest BCUT2D eigenvalue weighted by atomic mass is 9.88. The third kappa shape index (κ3) is 3.42. The van der Waals surface area contributed by atoms with Gasteiger partial charge >= 0.3 is 0 Å². The van der Waals surface area contributed by atoms with Crippen molar-refractivity contribution in [1.82, 2.24) is 4.90 Å². The second-order valence-corrected chi connectivity index (χ2v) is 7.55. The van der Waals surface area contributed by atoms with E-state index in [1.165, 1.54) is 12.1 Å². The molecule has 0 aliphatic carbocycles. The minimum atomic E-state index is -0.516. The highest BCUT2D eigenvalue weighted by Gasteiger charge is 2.43. The van der Waals surface area contributed by atoms with Crippen LogP contribution in [0.1, 0.15) is 34.7 Å². The molecule has 2 aliphatic rings. The second kappa shape index (κ2) is 7.05. The molecule has 0 saturated carbocycles. The molecule has 6 nitrogen and oxygen atoms in total. The van der Waals surface area contributed by atoms with E-state index >= 15 is 0 Å². The van der Waals surface area contributed by atoms with Crippen molar-refractivity contribution in [3.05, 3.63) is 53.2 Å². The van der Waals surface area contributed by atoms with Gasteiger partial charge < -0.3 is 19.0 Å². The Labute approximate surface area is 162 Å². The number of amides is 2. The topological polar surface area (TPSA) is 63.0 Å². The number of nitrogens with zero attached hydrogens (tertiary/aromatic N) is 2. The molecule has 2 saturated heterocycles. The normalized spacial score (nSPS) is 19.3. The molecule has 28 heavy (non-hydrogen) atoms. The maximum absolute atomic E-state index is 13.6. The number of anilines is 1. The zero-order valence-electron chi connectivity index (χ0n) is 16.0. The van der Waals surface area contributed by atoms with Crippen molar-refractivity contribution in [1.29, 1.82) is 0 Å². The molecule has 1 spiro atoms. The van der Waals surface area contributed by atoms with Gasteiger partial charge in [0.15, 0.2) is 0 Å². The van der Waals surface area contributed by atoms with Gasteiger partial charge in [-0.15, -0.1) is 0 Å². The van der Waals surface area contributed by atoms with Crippen LogP contribution in [0, 0.1) is 19.7 Å². The molecule has 0 bridgehead atoms. The fraction of sp³-hybridized carbons (Fsp3) is 0.429. The molecule has 2 aromatic rings. The summed E-state index contributed by atoms with van der Waals surface area (Å²) in [6, 6.07) is 7.80. The molecule has 148 valence electrons. The first-order valence-electron chi connectivity index (χ1n) is 9.43. The molecule has 1 aromatic heterocycles. The van der Waals surface area contributed by atoms with Gasteiger partial charge in [-0.2, -0.15) is 0 Å². The summed E-state index contributed by atoms with van der Waals surface area (Å²) in [4.78, 5) is 28.5. The first-order chi connectivity index (χ1) is 13.4. The Kier molecular flexibility index (Phi) is 4.71. The van der Waals surface area contributed by atoms with Crippen LogP contribution in [0.4, 0.5) is 10.1 Å². The SMILES string of the molecule is Cc1cc(C(=O)N2CCC3(CC2)CN(c2cccc(F)c2)C(=O)CO3)c(C)o1. The molecule has 0 radical (unpaired) electrons. The molecule has 0 N–H and O–H groups in total. The molecule has 2 aliphatic heterocycles. The van der Waals surface area contributed by atoms with Gasteiger partial charge in [-0.3, -0.25) is 9.59 Å². The summed E-state index contributed by atoms with van der Waals surface area (Å²) in [6.45, 7) is 5.01. The van der Waals surface area contributed by atoms with E-state index in [4.69, 9.17) is 9.15 Å². The molecule has 1 aromatic carbocycles. The van der Waals surface area contributed by atoms with E-state index < -0.39 is 5.60 Å². The van der Waals surface area contributed by atoms with Gasteiger partial charge in [-0.1, -0.05) is 6.07 Å². The number of benzene rings is 1. The number of rotatable bonds is 2. The fourth-order valence-corrected chi connectivity index (χ4v) is 4.03. The summed E-state index contributed by atoms with van der Waals surface area (Å²) in [6.07, 6.45) is 1.24. The van der Waals surface area contributed by atoms with Crippen LogP contribution < -0.4 is 4.90 Å². The van der Waals surface area contributed by atoms with Gasteiger partial charge in [-0.25, -0.2) is 4.39 Å². The van der Waals surface area contributed by atoms with Crippen molar-refractivity contribution in [2.45, 2.75) is 32.3 Å². The maximum atomic E-state index is 13.6. The maximum Gasteiger partial charge on any atom is 0.257 e. The van der Waals surface area contributed by atoms with Gasteiger partial charge in [0.05, 0.1) is 17.7 Å². The van der Waals surface area contributed by atoms with Crippen molar-refractivity contribution in [2.24, 2.45) is 0 Å². The third-order valence-electron chi connectivity index (χ3n) is 5.60. The third-order valence-corrected chi connectivity index (χ3v) is 5.60. The number of carbonyl (C=O) groups is 2. The largest absolute Gasteiger partial charge is 0.466 e. The lowest BCUT2D eigenvalue weighted by Gasteiger charge is -2.46. The molecule has 0 atom stereocenters. The van der Waals surface area contributed by atoms with E-state index in [-0.39, 0.29) is 24.2 Å². The minimum Gasteiger partial charge on any atom is -0.466 e. The average molecular weight is 386 g/mol. The number of halogens is 1. The summed E-state index contributed by atoms with van der Waals surface area (Å²) in [5.41, 5.74) is 0.614. The highest BCUT2D eigenvalue weighted by molar-refractivity contribution is 5.96. The Hall–Kier alpha value is -2.67. The average Bonchev–Trinajstić information content (AvgIpc) is 3.02. The van der Waals surface area contributed by atoms with Crippen molar-refractivity contribution < 1.29 is 23.1 Å². The number of piperidine rings is 1. The number of carbonyl (C=O) groups excluding carboxylic acids is 2. The number of furan rings is 1. The van der Waals surface area contributed by atoms with E-state index in [1.807, 2.05) is 6.92 Å². The lowest BCUT2D eigenvalue weighted by molar-refractivity contribution is -0.143. The van der Waals surface area contributed by atoms with Crippen LogP contribution in [-0.2, 0) is 9.53 Å². The first-order valence-corrected chi connectivity index (χ1v) is 9.43. The Balaban J connectivity index is 1.46. The molecule has 0 unspecified atom stereocenters. The Morgan fingerprint density at radius 3 is 2.57 bits per heavy atom. The first kappa shape index (κ1) is 18.7. The Morgan fingerprint density at radius 1 is 1.18 bits per heavy atom. The summed E-state index contributed by atoms with van der Waals surface area (Å²) in [5.74, 6) is 0.739. The monoisotopic (exact) mass is 386 g/mol. The Bertz CT molecular complexity index is 915. The van der Waals surface area contributed by atoms with E-state index in [0.717, 1.165) is 0 Å². The number of aryl methyl sites for hydroxylation is 2. The molecule has 2 amide bonds. The molecule has 7 heteroatoms. The van der Waals surface area contributed by atoms with Gasteiger partial charge in [-0.05, 0) is 51.0 Å². The van der Waals surface area contributed by atoms with Crippen molar-refractivity contribution in [2.75, 3.05) is 31.1 Å². The van der Waals surface area contributed by atoms with Gasteiger partial charge in [0.2, 0.25) is 0 Å². The lowest BCUT2D eigenvalue weighted by Crippen LogP contribution is -2.59. The van der Waals surface area contributed by atoms with E-state index in [0.29, 0.717) is 55.2 Å². The number of hydrogen-bond acceptors (Lipinski definition) is 4. The fourth-order valence-electron chi connectivity index (χ4n) is 4.03. The second-order valence-electron chi connectivity index (χ2n) is 7.55. The zero-order chi connectivity index (χ0) is 19.9. The molecule has 3 heterocycles. The van der Waals surface area contributed by atoms with Crippen molar-refractivity contribution in [3.63, 3.8) is 0 Å². The standard InChI is InChI=1S/C21H23FN2O4/c1-14-10-18(15(2)28-14)20(26)23-8-6-21(7-9-23)13-24(19(25)12-27-21)17-5-3-4-16(22)11-17/h3-5,10-11H,6-9,12-13H2,1-2H3. The van der Waals surface area contributed by atoms with Gasteiger partial charge in [0, 0.05) is 18.8 Å². The summed E-state index contributed by atoms with van der Waals surface area (Å²) in [7, 11) is 0. The minimum absolute atomic E-state index is 0.0372. The van der Waals surface area contributed by atoms with Crippen LogP contribution in [0.3, 0.4) is 0 Å². The smallest absolute Gasteiger partial charge is 0.257 e. The van der Waals surface area contributed by atoms with Crippen molar-refractivity contribution in [3.8, 4) is 0 Å². The Morgan fingerprint density at radius 2 is 1.93 bits per heavy atom. The van der Waals surface area contributed by atoms with Crippen LogP contribution in [0.5, 0.6) is 0 Å². The highest BCUT2D eigenvalue weighted by atomic mass is 19.1. The molecular weight excluding hydrogens is 363 g/mol. The highest BCUT2D eigenvalue weighted by Crippen LogP contribution is 2.33. The molecular formula is C21H23FN2O4. The van der Waals surface area contributed by atoms with Crippen LogP contribution in [0.2, 0.25) is 0 Å². The van der Waals surface area contributed by atoms with Crippen molar-refractivity contribution >= 4 is 17.5 Å². The summed E-state index contributed by atoms with van der Waals surface area (Å²) in [5, 5.41) is 0. The van der Waals surface area contributed by atoms with Crippen LogP contribution >= 0.6 is 0 Å². The number of likely N-dealkylation sites (tertiary alicyclic amines) is 1. The quantitative estimate of drug-likeness (QED) is 0.796. The van der Waals surface area contributed by atoms with E-state index in [1.54, 1.807) is 34.9 Å². The van der Waals surface area contributed by atoms with Crippen LogP contribution in [0.15, 0.2) is 34.7 Å². The van der Waals surface area contributed by atoms with E-state index in [2.05, 4.69) is 0 Å². The van der Waals surface area contributed by atoms with Gasteiger partial charge in [0.25, 0.3) is 11.8 Å². The van der Waals surface area contributed by atoms with Crippen LogP contribution in [-0.4, -0.2) is 48.6 Å². The molecule has 4 rings (SSSR count). The van der Waals surface area contributed by atoms with Crippen LogP contribution in [0.25, 0.3) is 0 Å². The predicted molar refractivity (Wildman–Crippen MR) is 101 cm³/mol. The number of ether oxygens (including phenoxy) is 1. The zero-order valence-corrected chi connectivity index (χ0v) is 16.0. The molecule has 2 fully saturated rings. The van der Waals surface area contributed by atoms with E-state index in [9.17, 15) is 14.0 Å². The number of hydrogen-bond donors (Lipinski definition) is 0.